The van der Waals surface area contributed by atoms with Crippen LogP contribution < -0.4 is 0 Å². The molecular weight excluding hydrogens is 436 g/mol. The van der Waals surface area contributed by atoms with E-state index in [4.69, 9.17) is 0 Å². The molecule has 0 aliphatic carbocycles. The number of thiophene rings is 2. The monoisotopic (exact) mass is 456 g/mol. The lowest BCUT2D eigenvalue weighted by Crippen LogP contribution is -1.79. The quantitative estimate of drug-likeness (QED) is 0.243. The molecular formula is C31H20S2. The summed E-state index contributed by atoms with van der Waals surface area (Å²) in [4.78, 5) is 0. The van der Waals surface area contributed by atoms with Gasteiger partial charge in [0.25, 0.3) is 0 Å². The topological polar surface area (TPSA) is 0 Å². The third-order valence-corrected chi connectivity index (χ3v) is 9.09. The molecule has 0 bridgehead atoms. The molecule has 0 saturated heterocycles. The minimum Gasteiger partial charge on any atom is -0.135 e. The molecule has 0 radical (unpaired) electrons. The smallest absolute Gasteiger partial charge is 0.0434 e. The SMILES string of the molecule is Cc1ccc(-c2cccc3c2sc2c(-c4cccc5c4sc4ccccc45)cccc23)cc1. The summed E-state index contributed by atoms with van der Waals surface area (Å²) < 4.78 is 5.47. The molecule has 0 nitrogen and oxygen atoms in total. The molecule has 0 N–H and O–H groups in total. The third kappa shape index (κ3) is 2.88. The van der Waals surface area contributed by atoms with Gasteiger partial charge in [-0.1, -0.05) is 103 Å². The lowest BCUT2D eigenvalue weighted by Gasteiger charge is -2.05. The maximum atomic E-state index is 2.29. The molecule has 0 saturated carbocycles. The zero-order valence-electron chi connectivity index (χ0n) is 18.1. The zero-order chi connectivity index (χ0) is 21.9. The summed E-state index contributed by atoms with van der Waals surface area (Å²) >= 11 is 3.83. The first-order chi connectivity index (χ1) is 16.3. The van der Waals surface area contributed by atoms with E-state index >= 15 is 0 Å². The van der Waals surface area contributed by atoms with Crippen molar-refractivity contribution in [1.82, 2.24) is 0 Å². The highest BCUT2D eigenvalue weighted by atomic mass is 32.1. The van der Waals surface area contributed by atoms with Crippen molar-refractivity contribution in [2.24, 2.45) is 0 Å². The van der Waals surface area contributed by atoms with E-state index in [9.17, 15) is 0 Å². The second-order valence-corrected chi connectivity index (χ2v) is 10.7. The number of aryl methyl sites for hydroxylation is 1. The minimum atomic E-state index is 1.28. The molecule has 2 aromatic heterocycles. The summed E-state index contributed by atoms with van der Waals surface area (Å²) in [7, 11) is 0. The van der Waals surface area contributed by atoms with Gasteiger partial charge in [-0.3, -0.25) is 0 Å². The van der Waals surface area contributed by atoms with Crippen LogP contribution in [0, 0.1) is 6.92 Å². The molecule has 0 atom stereocenters. The van der Waals surface area contributed by atoms with Gasteiger partial charge in [0.15, 0.2) is 0 Å². The van der Waals surface area contributed by atoms with Gasteiger partial charge >= 0.3 is 0 Å². The third-order valence-electron chi connectivity index (χ3n) is 6.58. The fourth-order valence-electron chi connectivity index (χ4n) is 4.95. The Bertz CT molecular complexity index is 1810. The van der Waals surface area contributed by atoms with Crippen molar-refractivity contribution in [2.45, 2.75) is 6.92 Å². The Labute approximate surface area is 200 Å². The van der Waals surface area contributed by atoms with Crippen LogP contribution in [0.5, 0.6) is 0 Å². The molecule has 0 aliphatic heterocycles. The molecule has 0 aliphatic rings. The molecule has 5 aromatic carbocycles. The second-order valence-electron chi connectivity index (χ2n) is 8.61. The zero-order valence-corrected chi connectivity index (χ0v) is 19.8. The fourth-order valence-corrected chi connectivity index (χ4v) is 7.55. The first-order valence-electron chi connectivity index (χ1n) is 11.2. The number of hydrogen-bond donors (Lipinski definition) is 0. The summed E-state index contributed by atoms with van der Waals surface area (Å²) in [6.45, 7) is 2.14. The lowest BCUT2D eigenvalue weighted by molar-refractivity contribution is 1.47. The molecule has 156 valence electrons. The highest BCUT2D eigenvalue weighted by Gasteiger charge is 2.16. The van der Waals surface area contributed by atoms with Crippen LogP contribution in [0.1, 0.15) is 5.56 Å². The molecule has 0 fully saturated rings. The van der Waals surface area contributed by atoms with Gasteiger partial charge < -0.3 is 0 Å². The molecule has 7 aromatic rings. The highest BCUT2D eigenvalue weighted by molar-refractivity contribution is 7.27. The van der Waals surface area contributed by atoms with E-state index in [-0.39, 0.29) is 0 Å². The molecule has 7 rings (SSSR count). The van der Waals surface area contributed by atoms with E-state index in [0.717, 1.165) is 0 Å². The number of fused-ring (bicyclic) bond motifs is 6. The normalized spacial score (nSPS) is 11.8. The Morgan fingerprint density at radius 3 is 1.64 bits per heavy atom. The Morgan fingerprint density at radius 2 is 0.939 bits per heavy atom. The van der Waals surface area contributed by atoms with Gasteiger partial charge in [-0.05, 0) is 24.1 Å². The molecule has 0 amide bonds. The van der Waals surface area contributed by atoms with Crippen LogP contribution in [0.25, 0.3) is 62.6 Å². The minimum absolute atomic E-state index is 1.28. The van der Waals surface area contributed by atoms with Gasteiger partial charge in [0.1, 0.15) is 0 Å². The summed E-state index contributed by atoms with van der Waals surface area (Å²) in [6.07, 6.45) is 0. The maximum Gasteiger partial charge on any atom is 0.0434 e. The standard InChI is InChI=1S/C31H20S2/c1-19-15-17-20(18-16-19)21-8-4-10-24-26-12-6-13-27(31(26)33-29(21)24)25-11-5-9-23-22-7-2-3-14-28(22)32-30(23)25/h2-18H,1H3. The largest absolute Gasteiger partial charge is 0.135 e. The number of hydrogen-bond acceptors (Lipinski definition) is 2. The Kier molecular flexibility index (Phi) is 4.20. The molecule has 0 spiro atoms. The van der Waals surface area contributed by atoms with Gasteiger partial charge in [0, 0.05) is 51.5 Å². The lowest BCUT2D eigenvalue weighted by atomic mass is 9.99. The maximum absolute atomic E-state index is 2.29. The van der Waals surface area contributed by atoms with Crippen LogP contribution in [0.15, 0.2) is 103 Å². The average Bonchev–Trinajstić information content (AvgIpc) is 3.43. The van der Waals surface area contributed by atoms with Crippen molar-refractivity contribution in [3.8, 4) is 22.3 Å². The van der Waals surface area contributed by atoms with Crippen LogP contribution in [0.4, 0.5) is 0 Å². The van der Waals surface area contributed by atoms with Gasteiger partial charge in [0.05, 0.1) is 0 Å². The van der Waals surface area contributed by atoms with Crippen LogP contribution in [-0.4, -0.2) is 0 Å². The van der Waals surface area contributed by atoms with Gasteiger partial charge in [-0.2, -0.15) is 0 Å². The first kappa shape index (κ1) is 19.0. The van der Waals surface area contributed by atoms with E-state index in [1.54, 1.807) is 0 Å². The van der Waals surface area contributed by atoms with Crippen molar-refractivity contribution in [2.75, 3.05) is 0 Å². The van der Waals surface area contributed by atoms with E-state index < -0.39 is 0 Å². The van der Waals surface area contributed by atoms with Gasteiger partial charge in [-0.25, -0.2) is 0 Å². The molecule has 2 heteroatoms. The fraction of sp³-hybridized carbons (Fsp3) is 0.0323. The summed E-state index contributed by atoms with van der Waals surface area (Å²) in [5.74, 6) is 0. The molecule has 2 heterocycles. The predicted molar refractivity (Wildman–Crippen MR) is 148 cm³/mol. The molecule has 33 heavy (non-hydrogen) atoms. The number of benzene rings is 5. The van der Waals surface area contributed by atoms with Crippen molar-refractivity contribution >= 4 is 63.0 Å². The van der Waals surface area contributed by atoms with Gasteiger partial charge in [-0.15, -0.1) is 22.7 Å². The van der Waals surface area contributed by atoms with Gasteiger partial charge in [0.2, 0.25) is 0 Å². The van der Waals surface area contributed by atoms with Crippen molar-refractivity contribution in [1.29, 1.82) is 0 Å². The predicted octanol–water partition coefficient (Wildman–Crippen LogP) is 10.1. The summed E-state index contributed by atoms with van der Waals surface area (Å²) in [5.41, 5.74) is 6.56. The van der Waals surface area contributed by atoms with Crippen LogP contribution in [-0.2, 0) is 0 Å². The van der Waals surface area contributed by atoms with E-state index in [2.05, 4.69) is 110 Å². The van der Waals surface area contributed by atoms with Crippen LogP contribution in [0.3, 0.4) is 0 Å². The summed E-state index contributed by atoms with van der Waals surface area (Å²) in [5, 5.41) is 5.40. The van der Waals surface area contributed by atoms with E-state index in [0.29, 0.717) is 0 Å². The van der Waals surface area contributed by atoms with Crippen LogP contribution in [0.2, 0.25) is 0 Å². The number of rotatable bonds is 2. The Balaban J connectivity index is 1.54. The van der Waals surface area contributed by atoms with Crippen molar-refractivity contribution < 1.29 is 0 Å². The summed E-state index contributed by atoms with van der Waals surface area (Å²) in [6, 6.07) is 37.9. The average molecular weight is 457 g/mol. The van der Waals surface area contributed by atoms with E-state index in [1.807, 2.05) is 22.7 Å². The molecule has 0 unspecified atom stereocenters. The Morgan fingerprint density at radius 1 is 0.424 bits per heavy atom. The Hall–Kier alpha value is -3.46. The first-order valence-corrected chi connectivity index (χ1v) is 12.8. The second kappa shape index (κ2) is 7.28. The van der Waals surface area contributed by atoms with E-state index in [1.165, 1.54) is 68.2 Å². The van der Waals surface area contributed by atoms with Crippen molar-refractivity contribution in [3.63, 3.8) is 0 Å². The van der Waals surface area contributed by atoms with Crippen molar-refractivity contribution in [3.05, 3.63) is 109 Å². The van der Waals surface area contributed by atoms with Crippen LogP contribution >= 0.6 is 22.7 Å². The highest BCUT2D eigenvalue weighted by Crippen LogP contribution is 2.46.